The van der Waals surface area contributed by atoms with Gasteiger partial charge in [-0.1, -0.05) is 46.3 Å². The van der Waals surface area contributed by atoms with E-state index in [1.54, 1.807) is 12.1 Å². The lowest BCUT2D eigenvalue weighted by Crippen LogP contribution is -2.31. The van der Waals surface area contributed by atoms with E-state index in [1.165, 1.54) is 0 Å². The maximum Gasteiger partial charge on any atom is 0.306 e. The van der Waals surface area contributed by atoms with Crippen molar-refractivity contribution in [2.75, 3.05) is 11.9 Å². The number of ether oxygens (including phenoxy) is 1. The first-order chi connectivity index (χ1) is 13.4. The number of hydrogen-bond donors (Lipinski definition) is 2. The molecule has 0 fully saturated rings. The third kappa shape index (κ3) is 7.92. The van der Waals surface area contributed by atoms with Crippen LogP contribution in [0.5, 0.6) is 0 Å². The van der Waals surface area contributed by atoms with Crippen LogP contribution in [0.15, 0.2) is 59.1 Å². The zero-order valence-electron chi connectivity index (χ0n) is 15.6. The monoisotopic (exact) mass is 446 g/mol. The van der Waals surface area contributed by atoms with Crippen molar-refractivity contribution in [1.82, 2.24) is 5.32 Å². The Morgan fingerprint density at radius 2 is 1.64 bits per heavy atom. The lowest BCUT2D eigenvalue weighted by molar-refractivity contribution is -0.148. The molecule has 0 radical (unpaired) electrons. The number of halogens is 1. The zero-order chi connectivity index (χ0) is 20.4. The summed E-state index contributed by atoms with van der Waals surface area (Å²) in [6, 6.07) is 16.6. The molecule has 0 heterocycles. The average Bonchev–Trinajstić information content (AvgIpc) is 2.69. The first-order valence-electron chi connectivity index (χ1n) is 8.99. The predicted octanol–water partition coefficient (Wildman–Crippen LogP) is 3.98. The minimum absolute atomic E-state index is 0.0786. The first-order valence-corrected chi connectivity index (χ1v) is 9.78. The summed E-state index contributed by atoms with van der Waals surface area (Å²) in [6.07, 6.45) is 0.626. The van der Waals surface area contributed by atoms with E-state index in [9.17, 15) is 14.4 Å². The van der Waals surface area contributed by atoms with E-state index in [0.717, 1.165) is 10.0 Å². The van der Waals surface area contributed by atoms with E-state index in [-0.39, 0.29) is 37.3 Å². The quantitative estimate of drug-likeness (QED) is 0.570. The van der Waals surface area contributed by atoms with Crippen molar-refractivity contribution in [3.05, 3.63) is 64.6 Å². The van der Waals surface area contributed by atoms with Crippen LogP contribution in [-0.4, -0.2) is 24.4 Å². The number of carbonyl (C=O) groups is 3. The second-order valence-electron chi connectivity index (χ2n) is 6.27. The number of benzene rings is 2. The summed E-state index contributed by atoms with van der Waals surface area (Å²) in [5.74, 6) is -1.04. The molecule has 0 aromatic heterocycles. The Balaban J connectivity index is 1.61. The van der Waals surface area contributed by atoms with E-state index in [4.69, 9.17) is 4.74 Å². The van der Waals surface area contributed by atoms with Gasteiger partial charge in [-0.05, 0) is 43.2 Å². The van der Waals surface area contributed by atoms with Gasteiger partial charge in [-0.2, -0.15) is 0 Å². The molecule has 0 unspecified atom stereocenters. The number of hydrogen-bond acceptors (Lipinski definition) is 4. The van der Waals surface area contributed by atoms with Gasteiger partial charge in [0.2, 0.25) is 5.91 Å². The highest BCUT2D eigenvalue weighted by molar-refractivity contribution is 9.10. The van der Waals surface area contributed by atoms with Crippen LogP contribution in [0.2, 0.25) is 0 Å². The van der Waals surface area contributed by atoms with E-state index in [1.807, 2.05) is 49.4 Å². The number of anilines is 1. The average molecular weight is 447 g/mol. The fourth-order valence-electron chi connectivity index (χ4n) is 2.48. The third-order valence-electron chi connectivity index (χ3n) is 3.95. The van der Waals surface area contributed by atoms with Gasteiger partial charge in [0.25, 0.3) is 5.91 Å². The fourth-order valence-corrected chi connectivity index (χ4v) is 2.74. The Labute approximate surface area is 172 Å². The van der Waals surface area contributed by atoms with Gasteiger partial charge in [0.1, 0.15) is 0 Å². The summed E-state index contributed by atoms with van der Waals surface area (Å²) in [4.78, 5) is 35.5. The highest BCUT2D eigenvalue weighted by atomic mass is 79.9. The molecule has 2 amide bonds. The number of nitrogens with one attached hydrogen (secondary N) is 2. The van der Waals surface area contributed by atoms with Crippen LogP contribution >= 0.6 is 15.9 Å². The Morgan fingerprint density at radius 1 is 0.964 bits per heavy atom. The summed E-state index contributed by atoms with van der Waals surface area (Å²) in [7, 11) is 0. The van der Waals surface area contributed by atoms with E-state index in [2.05, 4.69) is 26.6 Å². The lowest BCUT2D eigenvalue weighted by Gasteiger charge is -2.14. The summed E-state index contributed by atoms with van der Waals surface area (Å²) in [5, 5.41) is 5.53. The summed E-state index contributed by atoms with van der Waals surface area (Å²) in [6.45, 7) is 1.53. The fraction of sp³-hybridized carbons (Fsp3) is 0.286. The Bertz CT molecular complexity index is 794. The number of carbonyl (C=O) groups excluding carboxylic acids is 3. The van der Waals surface area contributed by atoms with Crippen LogP contribution < -0.4 is 10.6 Å². The van der Waals surface area contributed by atoms with Gasteiger partial charge in [0.05, 0.1) is 6.04 Å². The maximum absolute atomic E-state index is 11.9. The van der Waals surface area contributed by atoms with Crippen molar-refractivity contribution >= 4 is 39.4 Å². The van der Waals surface area contributed by atoms with Crippen molar-refractivity contribution in [1.29, 1.82) is 0 Å². The van der Waals surface area contributed by atoms with Crippen LogP contribution in [0, 0.1) is 0 Å². The van der Waals surface area contributed by atoms with Crippen LogP contribution in [-0.2, 0) is 19.1 Å². The van der Waals surface area contributed by atoms with Gasteiger partial charge in [0.15, 0.2) is 6.61 Å². The number of rotatable bonds is 9. The molecule has 0 aliphatic heterocycles. The minimum atomic E-state index is -0.501. The Kier molecular flexibility index (Phi) is 8.68. The van der Waals surface area contributed by atoms with Crippen molar-refractivity contribution in [3.63, 3.8) is 0 Å². The van der Waals surface area contributed by atoms with Crippen molar-refractivity contribution in [3.8, 4) is 0 Å². The molecule has 28 heavy (non-hydrogen) atoms. The molecule has 0 aliphatic rings. The largest absolute Gasteiger partial charge is 0.456 e. The molecule has 2 aromatic carbocycles. The van der Waals surface area contributed by atoms with Crippen molar-refractivity contribution in [2.45, 2.75) is 32.2 Å². The van der Waals surface area contributed by atoms with E-state index >= 15 is 0 Å². The van der Waals surface area contributed by atoms with Crippen molar-refractivity contribution < 1.29 is 19.1 Å². The molecular formula is C21H23BrN2O4. The van der Waals surface area contributed by atoms with E-state index < -0.39 is 5.97 Å². The number of amides is 2. The second kappa shape index (κ2) is 11.2. The highest BCUT2D eigenvalue weighted by Crippen LogP contribution is 2.14. The van der Waals surface area contributed by atoms with Crippen LogP contribution in [0.1, 0.15) is 37.8 Å². The molecule has 7 heteroatoms. The molecule has 0 spiro atoms. The lowest BCUT2D eigenvalue weighted by atomic mass is 10.1. The molecule has 2 N–H and O–H groups in total. The second-order valence-corrected chi connectivity index (χ2v) is 7.18. The molecule has 1 atom stereocenters. The topological polar surface area (TPSA) is 84.5 Å². The maximum atomic E-state index is 11.9. The van der Waals surface area contributed by atoms with Crippen LogP contribution in [0.25, 0.3) is 0 Å². The Morgan fingerprint density at radius 3 is 2.32 bits per heavy atom. The van der Waals surface area contributed by atoms with Gasteiger partial charge in [-0.3, -0.25) is 14.4 Å². The summed E-state index contributed by atoms with van der Waals surface area (Å²) < 4.78 is 5.89. The smallest absolute Gasteiger partial charge is 0.306 e. The van der Waals surface area contributed by atoms with Gasteiger partial charge in [-0.15, -0.1) is 0 Å². The molecular weight excluding hydrogens is 424 g/mol. The number of esters is 1. The predicted molar refractivity (Wildman–Crippen MR) is 111 cm³/mol. The molecule has 148 valence electrons. The zero-order valence-corrected chi connectivity index (χ0v) is 17.2. The Hall–Kier alpha value is -2.67. The summed E-state index contributed by atoms with van der Waals surface area (Å²) >= 11 is 3.33. The van der Waals surface area contributed by atoms with E-state index in [0.29, 0.717) is 12.1 Å². The van der Waals surface area contributed by atoms with Gasteiger partial charge < -0.3 is 15.4 Å². The summed E-state index contributed by atoms with van der Waals surface area (Å²) in [5.41, 5.74) is 1.67. The molecule has 2 rings (SSSR count). The molecule has 0 saturated heterocycles. The molecule has 0 saturated carbocycles. The van der Waals surface area contributed by atoms with Crippen LogP contribution in [0.3, 0.4) is 0 Å². The SMILES string of the molecule is C[C@@H](NC(=O)COC(=O)CCCC(=O)Nc1ccc(Br)cc1)c1ccccc1. The molecule has 0 aliphatic carbocycles. The minimum Gasteiger partial charge on any atom is -0.456 e. The highest BCUT2D eigenvalue weighted by Gasteiger charge is 2.12. The molecule has 0 bridgehead atoms. The molecule has 6 nitrogen and oxygen atoms in total. The first kappa shape index (κ1) is 21.6. The van der Waals surface area contributed by atoms with Gasteiger partial charge in [-0.25, -0.2) is 0 Å². The van der Waals surface area contributed by atoms with Crippen molar-refractivity contribution in [2.24, 2.45) is 0 Å². The van der Waals surface area contributed by atoms with Crippen LogP contribution in [0.4, 0.5) is 5.69 Å². The normalized spacial score (nSPS) is 11.4. The third-order valence-corrected chi connectivity index (χ3v) is 4.48. The van der Waals surface area contributed by atoms with Gasteiger partial charge in [0, 0.05) is 23.0 Å². The molecule has 2 aromatic rings. The van der Waals surface area contributed by atoms with Gasteiger partial charge >= 0.3 is 5.97 Å². The standard InChI is InChI=1S/C21H23BrN2O4/c1-15(16-6-3-2-4-7-16)23-20(26)14-28-21(27)9-5-8-19(25)24-18-12-10-17(22)11-13-18/h2-4,6-7,10-13,15H,5,8-9,14H2,1H3,(H,23,26)(H,24,25)/t15-/m1/s1.